The molecule has 0 aliphatic rings. The van der Waals surface area contributed by atoms with Crippen molar-refractivity contribution in [3.05, 3.63) is 69.8 Å². The minimum absolute atomic E-state index is 0.0134. The van der Waals surface area contributed by atoms with Gasteiger partial charge in [0, 0.05) is 16.3 Å². The van der Waals surface area contributed by atoms with Crippen LogP contribution in [0.4, 0.5) is 5.69 Å². The van der Waals surface area contributed by atoms with E-state index in [1.807, 2.05) is 24.3 Å². The maximum atomic E-state index is 11.8. The van der Waals surface area contributed by atoms with Crippen LogP contribution in [0.3, 0.4) is 0 Å². The van der Waals surface area contributed by atoms with Gasteiger partial charge in [0.05, 0.1) is 30.3 Å². The first-order valence-electron chi connectivity index (χ1n) is 7.74. The molecule has 0 amide bonds. The first-order valence-corrected chi connectivity index (χ1v) is 9.49. The van der Waals surface area contributed by atoms with E-state index in [9.17, 15) is 9.59 Å². The van der Waals surface area contributed by atoms with E-state index in [2.05, 4.69) is 14.8 Å². The van der Waals surface area contributed by atoms with Gasteiger partial charge in [-0.1, -0.05) is 29.3 Å². The number of benzene rings is 2. The van der Waals surface area contributed by atoms with Crippen molar-refractivity contribution in [1.82, 2.24) is 0 Å². The van der Waals surface area contributed by atoms with E-state index in [0.29, 0.717) is 15.7 Å². The van der Waals surface area contributed by atoms with Crippen molar-refractivity contribution in [1.29, 1.82) is 0 Å². The molecule has 2 rings (SSSR count). The summed E-state index contributed by atoms with van der Waals surface area (Å²) in [7, 11) is 2.46. The topological polar surface area (TPSA) is 64.6 Å². The van der Waals surface area contributed by atoms with Gasteiger partial charge in [-0.2, -0.15) is 0 Å². The summed E-state index contributed by atoms with van der Waals surface area (Å²) in [6.07, 6.45) is 1.04. The molecule has 27 heavy (non-hydrogen) atoms. The highest BCUT2D eigenvalue weighted by Crippen LogP contribution is 2.28. The molecule has 2 aromatic rings. The van der Waals surface area contributed by atoms with Crippen LogP contribution in [0.15, 0.2) is 59.1 Å². The Labute approximate surface area is 171 Å². The van der Waals surface area contributed by atoms with Gasteiger partial charge in [-0.15, -0.1) is 11.8 Å². The van der Waals surface area contributed by atoms with Crippen LogP contribution in [0.5, 0.6) is 0 Å². The summed E-state index contributed by atoms with van der Waals surface area (Å²) < 4.78 is 9.20. The lowest BCUT2D eigenvalue weighted by atomic mass is 10.2. The van der Waals surface area contributed by atoms with Gasteiger partial charge in [0.25, 0.3) is 0 Å². The van der Waals surface area contributed by atoms with Crippen LogP contribution in [0.25, 0.3) is 0 Å². The van der Waals surface area contributed by atoms with Gasteiger partial charge in [-0.05, 0) is 42.0 Å². The van der Waals surface area contributed by atoms with Crippen LogP contribution >= 0.6 is 35.0 Å². The zero-order chi connectivity index (χ0) is 19.8. The van der Waals surface area contributed by atoms with Gasteiger partial charge in [0.15, 0.2) is 0 Å². The SMILES string of the molecule is COC(=O)/C=C(/Nc1ccc(SCc2ccc(Cl)c(Cl)c2)cc1)C(=O)OC. The van der Waals surface area contributed by atoms with E-state index in [4.69, 9.17) is 23.2 Å². The number of anilines is 1. The van der Waals surface area contributed by atoms with E-state index < -0.39 is 11.9 Å². The Kier molecular flexibility index (Phi) is 8.03. The van der Waals surface area contributed by atoms with Crippen LogP contribution in [-0.2, 0) is 24.8 Å². The van der Waals surface area contributed by atoms with Gasteiger partial charge in [-0.25, -0.2) is 9.59 Å². The first kappa shape index (κ1) is 21.2. The molecular formula is C19H17Cl2NO4S. The van der Waals surface area contributed by atoms with E-state index in [1.54, 1.807) is 30.0 Å². The summed E-state index contributed by atoms with van der Waals surface area (Å²) in [5, 5.41) is 3.91. The lowest BCUT2D eigenvalue weighted by molar-refractivity contribution is -0.138. The Hall–Kier alpha value is -2.15. The fraction of sp³-hybridized carbons (Fsp3) is 0.158. The molecule has 0 aliphatic heterocycles. The number of halogens is 2. The number of rotatable bonds is 7. The number of thioether (sulfide) groups is 1. The molecule has 5 nitrogen and oxygen atoms in total. The molecule has 0 radical (unpaired) electrons. The van der Waals surface area contributed by atoms with Crippen LogP contribution in [0.2, 0.25) is 10.0 Å². The highest BCUT2D eigenvalue weighted by atomic mass is 35.5. The molecule has 0 unspecified atom stereocenters. The minimum atomic E-state index is -0.668. The molecule has 0 aliphatic carbocycles. The molecule has 2 aromatic carbocycles. The summed E-state index contributed by atoms with van der Waals surface area (Å²) in [5.74, 6) is -0.588. The maximum Gasteiger partial charge on any atom is 0.354 e. The normalized spacial score (nSPS) is 11.0. The smallest absolute Gasteiger partial charge is 0.354 e. The number of ether oxygens (including phenoxy) is 2. The highest BCUT2D eigenvalue weighted by Gasteiger charge is 2.12. The molecular weight excluding hydrogens is 409 g/mol. The monoisotopic (exact) mass is 425 g/mol. The van der Waals surface area contributed by atoms with Crippen LogP contribution < -0.4 is 5.32 Å². The molecule has 0 bridgehead atoms. The van der Waals surface area contributed by atoms with Crippen molar-refractivity contribution < 1.29 is 19.1 Å². The number of carbonyl (C=O) groups is 2. The molecule has 0 fully saturated rings. The van der Waals surface area contributed by atoms with E-state index in [0.717, 1.165) is 22.3 Å². The Balaban J connectivity index is 2.02. The fourth-order valence-electron chi connectivity index (χ4n) is 2.02. The molecule has 0 spiro atoms. The third kappa shape index (κ3) is 6.50. The average molecular weight is 426 g/mol. The van der Waals surface area contributed by atoms with E-state index in [1.165, 1.54) is 14.2 Å². The number of esters is 2. The van der Waals surface area contributed by atoms with Crippen molar-refractivity contribution in [3.63, 3.8) is 0 Å². The van der Waals surface area contributed by atoms with Gasteiger partial charge in [0.2, 0.25) is 0 Å². The average Bonchev–Trinajstić information content (AvgIpc) is 2.68. The number of methoxy groups -OCH3 is 2. The summed E-state index contributed by atoms with van der Waals surface area (Å²) in [5.41, 5.74) is 1.68. The Morgan fingerprint density at radius 2 is 1.74 bits per heavy atom. The Morgan fingerprint density at radius 1 is 1.04 bits per heavy atom. The third-order valence-electron chi connectivity index (χ3n) is 3.39. The maximum absolute atomic E-state index is 11.8. The van der Waals surface area contributed by atoms with Crippen molar-refractivity contribution in [3.8, 4) is 0 Å². The van der Waals surface area contributed by atoms with Gasteiger partial charge in [-0.3, -0.25) is 0 Å². The fourth-order valence-corrected chi connectivity index (χ4v) is 3.18. The molecule has 8 heteroatoms. The summed E-state index contributed by atoms with van der Waals surface area (Å²) >= 11 is 13.6. The molecule has 0 atom stereocenters. The second kappa shape index (κ2) is 10.3. The Bertz CT molecular complexity index is 853. The molecule has 0 aromatic heterocycles. The van der Waals surface area contributed by atoms with Gasteiger partial charge >= 0.3 is 11.9 Å². The van der Waals surface area contributed by atoms with Gasteiger partial charge < -0.3 is 14.8 Å². The molecule has 142 valence electrons. The largest absolute Gasteiger partial charge is 0.466 e. The Morgan fingerprint density at radius 3 is 2.33 bits per heavy atom. The lowest BCUT2D eigenvalue weighted by Crippen LogP contribution is -2.15. The predicted octanol–water partition coefficient (Wildman–Crippen LogP) is 4.93. The lowest BCUT2D eigenvalue weighted by Gasteiger charge is -2.10. The highest BCUT2D eigenvalue weighted by molar-refractivity contribution is 7.98. The minimum Gasteiger partial charge on any atom is -0.466 e. The second-order valence-corrected chi connectivity index (χ2v) is 7.12. The van der Waals surface area contributed by atoms with Crippen molar-refractivity contribution >= 4 is 52.6 Å². The zero-order valence-corrected chi connectivity index (χ0v) is 17.0. The van der Waals surface area contributed by atoms with E-state index in [-0.39, 0.29) is 5.70 Å². The second-order valence-electron chi connectivity index (χ2n) is 5.26. The standard InChI is InChI=1S/C19H17Cl2NO4S/c1-25-18(23)10-17(19(24)26-2)22-13-4-6-14(7-5-13)27-11-12-3-8-15(20)16(21)9-12/h3-10,22H,11H2,1-2H3/b17-10+. The number of carbonyl (C=O) groups excluding carboxylic acids is 2. The number of hydrogen-bond acceptors (Lipinski definition) is 6. The quantitative estimate of drug-likeness (QED) is 0.385. The van der Waals surface area contributed by atoms with Crippen LogP contribution in [0.1, 0.15) is 5.56 Å². The number of nitrogens with one attached hydrogen (secondary N) is 1. The van der Waals surface area contributed by atoms with E-state index >= 15 is 0 Å². The summed E-state index contributed by atoms with van der Waals surface area (Å²) in [6, 6.07) is 12.9. The van der Waals surface area contributed by atoms with Crippen molar-refractivity contribution in [2.24, 2.45) is 0 Å². The molecule has 0 saturated carbocycles. The van der Waals surface area contributed by atoms with Crippen molar-refractivity contribution in [2.45, 2.75) is 10.6 Å². The van der Waals surface area contributed by atoms with Gasteiger partial charge in [0.1, 0.15) is 5.70 Å². The van der Waals surface area contributed by atoms with Crippen LogP contribution in [-0.4, -0.2) is 26.2 Å². The summed E-state index contributed by atoms with van der Waals surface area (Å²) in [6.45, 7) is 0. The van der Waals surface area contributed by atoms with Crippen molar-refractivity contribution in [2.75, 3.05) is 19.5 Å². The number of hydrogen-bond donors (Lipinski definition) is 1. The molecule has 0 heterocycles. The predicted molar refractivity (Wildman–Crippen MR) is 108 cm³/mol. The first-order chi connectivity index (χ1) is 12.9. The summed E-state index contributed by atoms with van der Waals surface area (Å²) in [4.78, 5) is 24.2. The zero-order valence-electron chi connectivity index (χ0n) is 14.6. The third-order valence-corrected chi connectivity index (χ3v) is 5.21. The molecule has 0 saturated heterocycles. The molecule has 1 N–H and O–H groups in total. The van der Waals surface area contributed by atoms with Crippen LogP contribution in [0, 0.1) is 0 Å².